The molecule has 0 rings (SSSR count). The molecule has 0 aliphatic carbocycles. The summed E-state index contributed by atoms with van der Waals surface area (Å²) < 4.78 is 9.94. The molecule has 0 aromatic rings. The van der Waals surface area contributed by atoms with E-state index in [1.54, 1.807) is 0 Å². The zero-order chi connectivity index (χ0) is 9.94. The van der Waals surface area contributed by atoms with Crippen molar-refractivity contribution in [3.63, 3.8) is 0 Å². The van der Waals surface area contributed by atoms with E-state index in [4.69, 9.17) is 20.3 Å². The third-order valence-electron chi connectivity index (χ3n) is 1.31. The van der Waals surface area contributed by atoms with Crippen molar-refractivity contribution in [1.29, 1.82) is 0 Å². The van der Waals surface area contributed by atoms with Crippen molar-refractivity contribution in [3.05, 3.63) is 0 Å². The summed E-state index contributed by atoms with van der Waals surface area (Å²) in [5.41, 5.74) is 4.86. The highest BCUT2D eigenvalue weighted by Crippen LogP contribution is 1.90. The van der Waals surface area contributed by atoms with Crippen LogP contribution in [0.1, 0.15) is 12.8 Å². The molecule has 0 unspecified atom stereocenters. The zero-order valence-corrected chi connectivity index (χ0v) is 7.70. The summed E-state index contributed by atoms with van der Waals surface area (Å²) >= 11 is 0. The Kier molecular flexibility index (Phi) is 8.97. The lowest BCUT2D eigenvalue weighted by Crippen LogP contribution is -2.18. The highest BCUT2D eigenvalue weighted by molar-refractivity contribution is 5.74. The Morgan fingerprint density at radius 2 is 1.77 bits per heavy atom. The van der Waals surface area contributed by atoms with Crippen LogP contribution in [-0.4, -0.2) is 44.0 Å². The smallest absolute Gasteiger partial charge is 0.243 e. The summed E-state index contributed by atoms with van der Waals surface area (Å²) in [6, 6.07) is 0. The van der Waals surface area contributed by atoms with Crippen LogP contribution < -0.4 is 5.73 Å². The van der Waals surface area contributed by atoms with Gasteiger partial charge in [-0.15, -0.1) is 0 Å². The molecule has 0 heterocycles. The van der Waals surface area contributed by atoms with Gasteiger partial charge in [0, 0.05) is 13.2 Å². The van der Waals surface area contributed by atoms with Gasteiger partial charge in [-0.25, -0.2) is 0 Å². The van der Waals surface area contributed by atoms with Gasteiger partial charge in [0.05, 0.1) is 13.2 Å². The van der Waals surface area contributed by atoms with Crippen LogP contribution in [0.5, 0.6) is 0 Å². The lowest BCUT2D eigenvalue weighted by molar-refractivity contribution is -0.122. The average Bonchev–Trinajstić information content (AvgIpc) is 2.09. The fourth-order valence-electron chi connectivity index (χ4n) is 0.748. The molecule has 5 heteroatoms. The minimum atomic E-state index is -0.448. The van der Waals surface area contributed by atoms with Gasteiger partial charge in [-0.1, -0.05) is 0 Å². The van der Waals surface area contributed by atoms with E-state index in [0.717, 1.165) is 12.8 Å². The average molecular weight is 191 g/mol. The van der Waals surface area contributed by atoms with Crippen LogP contribution in [0, 0.1) is 0 Å². The molecule has 0 aromatic carbocycles. The Morgan fingerprint density at radius 1 is 1.15 bits per heavy atom. The predicted molar refractivity (Wildman–Crippen MR) is 47.2 cm³/mol. The van der Waals surface area contributed by atoms with Gasteiger partial charge in [-0.05, 0) is 12.8 Å². The van der Waals surface area contributed by atoms with Crippen molar-refractivity contribution in [2.75, 3.05) is 33.0 Å². The first kappa shape index (κ1) is 12.3. The third-order valence-corrected chi connectivity index (χ3v) is 1.31. The van der Waals surface area contributed by atoms with E-state index in [2.05, 4.69) is 0 Å². The van der Waals surface area contributed by atoms with Crippen molar-refractivity contribution in [2.45, 2.75) is 12.8 Å². The molecule has 0 radical (unpaired) electrons. The Morgan fingerprint density at radius 3 is 2.31 bits per heavy atom. The van der Waals surface area contributed by atoms with Gasteiger partial charge in [0.15, 0.2) is 0 Å². The molecule has 5 nitrogen and oxygen atoms in total. The Hall–Kier alpha value is -0.650. The van der Waals surface area contributed by atoms with Crippen molar-refractivity contribution >= 4 is 5.91 Å². The van der Waals surface area contributed by atoms with Crippen LogP contribution in [-0.2, 0) is 14.3 Å². The van der Waals surface area contributed by atoms with E-state index in [1.165, 1.54) is 0 Å². The predicted octanol–water partition coefficient (Wildman–Crippen LogP) is -0.723. The molecule has 0 spiro atoms. The maximum atomic E-state index is 10.2. The van der Waals surface area contributed by atoms with E-state index in [0.29, 0.717) is 19.8 Å². The van der Waals surface area contributed by atoms with Gasteiger partial charge < -0.3 is 20.3 Å². The van der Waals surface area contributed by atoms with Gasteiger partial charge in [0.1, 0.15) is 6.61 Å². The number of nitrogens with two attached hydrogens (primary N) is 1. The number of rotatable bonds is 9. The highest BCUT2D eigenvalue weighted by Gasteiger charge is 1.93. The van der Waals surface area contributed by atoms with Crippen LogP contribution in [0.3, 0.4) is 0 Å². The molecule has 0 saturated carbocycles. The molecule has 0 atom stereocenters. The second kappa shape index (κ2) is 9.44. The van der Waals surface area contributed by atoms with Crippen molar-refractivity contribution in [1.82, 2.24) is 0 Å². The number of ether oxygens (including phenoxy) is 2. The van der Waals surface area contributed by atoms with Gasteiger partial charge in [-0.2, -0.15) is 0 Å². The monoisotopic (exact) mass is 191 g/mol. The highest BCUT2D eigenvalue weighted by atomic mass is 16.5. The lowest BCUT2D eigenvalue weighted by Gasteiger charge is -2.02. The molecule has 3 N–H and O–H groups in total. The van der Waals surface area contributed by atoms with E-state index >= 15 is 0 Å². The molecule has 0 fully saturated rings. The Balaban J connectivity index is 2.87. The molecule has 0 aromatic heterocycles. The summed E-state index contributed by atoms with van der Waals surface area (Å²) in [6.45, 7) is 1.55. The standard InChI is InChI=1S/C8H17NO4/c9-8(11)7-13-5-2-1-4-12-6-3-10/h10H,1-7H2,(H2,9,11). The Bertz CT molecular complexity index is 129. The molecular formula is C8H17NO4. The normalized spacial score (nSPS) is 10.2. The maximum Gasteiger partial charge on any atom is 0.243 e. The lowest BCUT2D eigenvalue weighted by atomic mass is 10.3. The summed E-state index contributed by atoms with van der Waals surface area (Å²) in [5.74, 6) is -0.448. The number of hydrogen-bond donors (Lipinski definition) is 2. The molecule has 0 aliphatic rings. The van der Waals surface area contributed by atoms with Crippen LogP contribution in [0.4, 0.5) is 0 Å². The fourth-order valence-corrected chi connectivity index (χ4v) is 0.748. The van der Waals surface area contributed by atoms with Crippen LogP contribution in [0.25, 0.3) is 0 Å². The topological polar surface area (TPSA) is 81.8 Å². The van der Waals surface area contributed by atoms with Crippen LogP contribution >= 0.6 is 0 Å². The molecule has 13 heavy (non-hydrogen) atoms. The maximum absolute atomic E-state index is 10.2. The van der Waals surface area contributed by atoms with Crippen LogP contribution in [0.2, 0.25) is 0 Å². The quantitative estimate of drug-likeness (QED) is 0.471. The van der Waals surface area contributed by atoms with E-state index in [1.807, 2.05) is 0 Å². The van der Waals surface area contributed by atoms with Gasteiger partial charge in [0.25, 0.3) is 0 Å². The summed E-state index contributed by atoms with van der Waals surface area (Å²) in [7, 11) is 0. The first-order chi connectivity index (χ1) is 6.27. The largest absolute Gasteiger partial charge is 0.394 e. The first-order valence-electron chi connectivity index (χ1n) is 4.32. The molecule has 0 saturated heterocycles. The van der Waals surface area contributed by atoms with Gasteiger partial charge in [-0.3, -0.25) is 4.79 Å². The summed E-state index contributed by atoms with van der Waals surface area (Å²) in [6.07, 6.45) is 1.69. The second-order valence-corrected chi connectivity index (χ2v) is 2.56. The number of aliphatic hydroxyl groups excluding tert-OH is 1. The number of carbonyl (C=O) groups is 1. The molecule has 0 aliphatic heterocycles. The third kappa shape index (κ3) is 11.3. The summed E-state index contributed by atoms with van der Waals surface area (Å²) in [5, 5.41) is 8.37. The van der Waals surface area contributed by atoms with Crippen molar-refractivity contribution in [3.8, 4) is 0 Å². The molecule has 78 valence electrons. The number of carbonyl (C=O) groups excluding carboxylic acids is 1. The van der Waals surface area contributed by atoms with Crippen LogP contribution in [0.15, 0.2) is 0 Å². The minimum Gasteiger partial charge on any atom is -0.394 e. The first-order valence-corrected chi connectivity index (χ1v) is 4.32. The van der Waals surface area contributed by atoms with Crippen molar-refractivity contribution < 1.29 is 19.4 Å². The van der Waals surface area contributed by atoms with E-state index in [9.17, 15) is 4.79 Å². The van der Waals surface area contributed by atoms with E-state index in [-0.39, 0.29) is 13.2 Å². The SMILES string of the molecule is NC(=O)COCCCCOCCO. The Labute approximate surface area is 77.8 Å². The van der Waals surface area contributed by atoms with Gasteiger partial charge >= 0.3 is 0 Å². The number of aliphatic hydroxyl groups is 1. The fraction of sp³-hybridized carbons (Fsp3) is 0.875. The zero-order valence-electron chi connectivity index (χ0n) is 7.70. The van der Waals surface area contributed by atoms with Crippen molar-refractivity contribution in [2.24, 2.45) is 5.73 Å². The number of hydrogen-bond acceptors (Lipinski definition) is 4. The molecular weight excluding hydrogens is 174 g/mol. The number of amides is 1. The number of primary amides is 1. The number of unbranched alkanes of at least 4 members (excludes halogenated alkanes) is 1. The molecule has 1 amide bonds. The second-order valence-electron chi connectivity index (χ2n) is 2.56. The van der Waals surface area contributed by atoms with E-state index < -0.39 is 5.91 Å². The van der Waals surface area contributed by atoms with Gasteiger partial charge in [0.2, 0.25) is 5.91 Å². The molecule has 0 bridgehead atoms. The summed E-state index contributed by atoms with van der Waals surface area (Å²) in [4.78, 5) is 10.2. The minimum absolute atomic E-state index is 0.0164.